The Balaban J connectivity index is 4.20. The van der Waals surface area contributed by atoms with Crippen LogP contribution in [0, 0.1) is 0 Å². The molecule has 0 saturated heterocycles. The molecule has 0 bridgehead atoms. The Bertz CT molecular complexity index is 1580. The number of hydrogen-bond donors (Lipinski definition) is 15. The maximum atomic E-state index is 12.4. The van der Waals surface area contributed by atoms with Gasteiger partial charge in [-0.25, -0.2) is 41.1 Å². The normalized spacial score (nSPS) is 30.1. The van der Waals surface area contributed by atoms with Crippen LogP contribution < -0.4 is 0 Å². The first kappa shape index (κ1) is 47.1. The molecule has 15 N–H and O–H groups in total. The molecule has 42 heteroatoms. The Morgan fingerprint density at radius 2 is 0.479 bits per heavy atom. The summed E-state index contributed by atoms with van der Waals surface area (Å²) in [7, 11) is -57.7. The molecule has 1 aliphatic carbocycles. The van der Waals surface area contributed by atoms with E-state index in [1.807, 2.05) is 0 Å². The molecular formula is C6H21O33P9. The first-order chi connectivity index (χ1) is 20.7. The quantitative estimate of drug-likeness (QED) is 0.0619. The first-order valence-electron chi connectivity index (χ1n) is 10.3. The van der Waals surface area contributed by atoms with Gasteiger partial charge in [0.2, 0.25) is 0 Å². The van der Waals surface area contributed by atoms with Crippen molar-refractivity contribution in [1.82, 2.24) is 0 Å². The van der Waals surface area contributed by atoms with Crippen molar-refractivity contribution >= 4 is 70.4 Å². The van der Waals surface area contributed by atoms with Crippen LogP contribution in [-0.2, 0) is 80.9 Å². The molecule has 0 aromatic heterocycles. The predicted octanol–water partition coefficient (Wildman–Crippen LogP) is -2.78. The zero-order chi connectivity index (χ0) is 38.3. The predicted molar refractivity (Wildman–Crippen MR) is 134 cm³/mol. The molecule has 1 rings (SSSR count). The van der Waals surface area contributed by atoms with Crippen LogP contribution in [0.25, 0.3) is 0 Å². The third kappa shape index (κ3) is 18.2. The van der Waals surface area contributed by atoms with E-state index in [1.165, 1.54) is 0 Å². The second-order valence-electron chi connectivity index (χ2n) is 7.99. The molecule has 4 unspecified atom stereocenters. The summed E-state index contributed by atoms with van der Waals surface area (Å²) in [6.45, 7) is 0. The van der Waals surface area contributed by atoms with E-state index in [1.54, 1.807) is 0 Å². The van der Waals surface area contributed by atoms with Crippen molar-refractivity contribution in [3.05, 3.63) is 0 Å². The molecule has 0 aromatic rings. The lowest BCUT2D eigenvalue weighted by Gasteiger charge is -2.47. The Morgan fingerprint density at radius 1 is 0.292 bits per heavy atom. The van der Waals surface area contributed by atoms with Crippen molar-refractivity contribution in [2.75, 3.05) is 0 Å². The van der Waals surface area contributed by atoms with E-state index in [-0.39, 0.29) is 0 Å². The van der Waals surface area contributed by atoms with Gasteiger partial charge in [-0.15, -0.1) is 0 Å². The smallest absolute Gasteiger partial charge is 0.387 e. The van der Waals surface area contributed by atoms with Crippen LogP contribution in [0.1, 0.15) is 0 Å². The van der Waals surface area contributed by atoms with Crippen LogP contribution in [0.3, 0.4) is 0 Å². The Labute approximate surface area is 261 Å². The monoisotopic (exact) mass is 900 g/mol. The molecular weight excluding hydrogens is 879 g/mol. The van der Waals surface area contributed by atoms with Gasteiger partial charge in [-0.3, -0.25) is 22.6 Å². The zero-order valence-electron chi connectivity index (χ0n) is 21.5. The van der Waals surface area contributed by atoms with Crippen molar-refractivity contribution in [2.24, 2.45) is 0 Å². The summed E-state index contributed by atoms with van der Waals surface area (Å²) in [5.74, 6) is 0. The number of phosphoric acid groups is 9. The summed E-state index contributed by atoms with van der Waals surface area (Å²) >= 11 is 0. The number of hydrogen-bond acceptors (Lipinski definition) is 19. The number of phosphoric ester groups is 5. The molecule has 288 valence electrons. The van der Waals surface area contributed by atoms with Crippen molar-refractivity contribution in [1.29, 1.82) is 0 Å². The topological polar surface area (TPSA) is 540 Å². The highest BCUT2D eigenvalue weighted by atomic mass is 31.3. The molecule has 0 radical (unpaired) electrons. The van der Waals surface area contributed by atoms with Crippen molar-refractivity contribution in [3.63, 3.8) is 0 Å². The molecule has 48 heavy (non-hydrogen) atoms. The van der Waals surface area contributed by atoms with Crippen LogP contribution >= 0.6 is 70.4 Å². The molecule has 0 aromatic carbocycles. The van der Waals surface area contributed by atoms with E-state index in [0.29, 0.717) is 0 Å². The van der Waals surface area contributed by atoms with Crippen LogP contribution in [0.2, 0.25) is 0 Å². The van der Waals surface area contributed by atoms with E-state index in [9.17, 15) is 75.6 Å². The largest absolute Gasteiger partial charge is 0.481 e. The third-order valence-electron chi connectivity index (χ3n) is 4.09. The number of rotatable bonds is 18. The lowest BCUT2D eigenvalue weighted by molar-refractivity contribution is -0.204. The summed E-state index contributed by atoms with van der Waals surface area (Å²) in [6, 6.07) is 0. The van der Waals surface area contributed by atoms with E-state index in [4.69, 9.17) is 39.1 Å². The first-order valence-corrected chi connectivity index (χ1v) is 23.9. The van der Waals surface area contributed by atoms with E-state index in [2.05, 4.69) is 39.9 Å². The maximum Gasteiger partial charge on any atom is 0.481 e. The maximum absolute atomic E-state index is 12.4. The fourth-order valence-electron chi connectivity index (χ4n) is 3.13. The van der Waals surface area contributed by atoms with Gasteiger partial charge >= 0.3 is 70.4 Å². The van der Waals surface area contributed by atoms with Crippen LogP contribution in [0.4, 0.5) is 0 Å². The summed E-state index contributed by atoms with van der Waals surface area (Å²) in [5.41, 5.74) is 0. The second-order valence-corrected chi connectivity index (χ2v) is 20.3. The molecule has 10 atom stereocenters. The number of aliphatic hydroxyl groups excluding tert-OH is 1. The van der Waals surface area contributed by atoms with Crippen LogP contribution in [0.15, 0.2) is 0 Å². The molecule has 0 aliphatic heterocycles. The highest BCUT2D eigenvalue weighted by Crippen LogP contribution is 2.66. The van der Waals surface area contributed by atoms with Crippen molar-refractivity contribution < 1.29 is 155 Å². The van der Waals surface area contributed by atoms with E-state index < -0.39 is 107 Å². The molecule has 33 nitrogen and oxygen atoms in total. The Hall–Kier alpha value is 1.11. The van der Waals surface area contributed by atoms with Gasteiger partial charge in [-0.1, -0.05) is 0 Å². The van der Waals surface area contributed by atoms with Gasteiger partial charge in [0.1, 0.15) is 36.6 Å². The fourth-order valence-corrected chi connectivity index (χ4v) is 10.8. The summed E-state index contributed by atoms with van der Waals surface area (Å²) in [5, 5.41) is 10.8. The van der Waals surface area contributed by atoms with Gasteiger partial charge in [0.05, 0.1) is 0 Å². The third-order valence-corrected chi connectivity index (χ3v) is 13.3. The second kappa shape index (κ2) is 15.8. The van der Waals surface area contributed by atoms with Gasteiger partial charge in [0.15, 0.2) is 0 Å². The Kier molecular flexibility index (Phi) is 15.5. The van der Waals surface area contributed by atoms with Gasteiger partial charge in [-0.05, 0) is 0 Å². The van der Waals surface area contributed by atoms with Gasteiger partial charge in [0.25, 0.3) is 0 Å². The van der Waals surface area contributed by atoms with Gasteiger partial charge in [0, 0.05) is 0 Å². The standard InChI is InChI=1S/C6H21O33P9/c7-1-2(32-45(23,24)36-41(11,12)13)4(31-40(8,9)10)6(35-48(29,30)39-44(20,21)22)5(34-47(27,28)38-43(17,18)19)3(1)33-46(25,26)37-42(14,15)16/h1-7H,(H,23,24)(H,25,26)(H,27,28)(H,29,30)(H2,8,9,10)(H2,11,12,13)(H2,14,15,16)(H2,17,18,19)(H2,20,21,22)/t1-,2+,3+,4+,5-,6-/m0/s1. The summed E-state index contributed by atoms with van der Waals surface area (Å²) < 4.78 is 140. The fraction of sp³-hybridized carbons (Fsp3) is 1.00. The summed E-state index contributed by atoms with van der Waals surface area (Å²) in [4.78, 5) is 129. The minimum absolute atomic E-state index is 3.35. The minimum Gasteiger partial charge on any atom is -0.387 e. The van der Waals surface area contributed by atoms with Gasteiger partial charge in [-0.2, -0.15) is 17.2 Å². The molecule has 0 amide bonds. The zero-order valence-corrected chi connectivity index (χ0v) is 29.6. The highest BCUT2D eigenvalue weighted by molar-refractivity contribution is 7.62. The lowest BCUT2D eigenvalue weighted by atomic mass is 9.85. The average Bonchev–Trinajstić information content (AvgIpc) is 2.68. The Morgan fingerprint density at radius 3 is 0.688 bits per heavy atom. The molecule has 1 aliphatic rings. The van der Waals surface area contributed by atoms with Crippen molar-refractivity contribution in [2.45, 2.75) is 36.6 Å². The van der Waals surface area contributed by atoms with Crippen LogP contribution in [-0.4, -0.2) is 110 Å². The van der Waals surface area contributed by atoms with Gasteiger partial charge < -0.3 is 73.6 Å². The van der Waals surface area contributed by atoms with E-state index in [0.717, 1.165) is 0 Å². The minimum atomic E-state index is -6.68. The number of aliphatic hydroxyl groups is 1. The highest BCUT2D eigenvalue weighted by Gasteiger charge is 2.62. The SMILES string of the molecule is O=P(O)(O)O[C@H]1[C@H](OP(=O)(O)OP(=O)(O)O)[C@@H](OP(=O)(O)OP(=O)(O)O)[C@H](OP(=O)(O)OP(=O)(O)O)[C@@H](O)[C@H]1OP(=O)(O)OP(=O)(O)O. The van der Waals surface area contributed by atoms with E-state index >= 15 is 0 Å². The molecule has 1 saturated carbocycles. The molecule has 1 fully saturated rings. The van der Waals surface area contributed by atoms with Crippen molar-refractivity contribution in [3.8, 4) is 0 Å². The lowest BCUT2D eigenvalue weighted by Crippen LogP contribution is -2.66. The van der Waals surface area contributed by atoms with Crippen LogP contribution in [0.5, 0.6) is 0 Å². The average molecular weight is 900 g/mol. The summed E-state index contributed by atoms with van der Waals surface area (Å²) in [6.07, 6.45) is -21.6. The molecule has 0 heterocycles. The molecule has 0 spiro atoms.